The molecule has 0 aromatic heterocycles. The molecule has 0 saturated heterocycles. The molecule has 0 rings (SSSR count). The number of esters is 1. The van der Waals surface area contributed by atoms with Gasteiger partial charge in [0.2, 0.25) is 0 Å². The average molecular weight is 171 g/mol. The van der Waals surface area contributed by atoms with Gasteiger partial charge in [-0.25, -0.2) is 0 Å². The van der Waals surface area contributed by atoms with Crippen LogP contribution in [0.4, 0.5) is 0 Å². The molecule has 1 atom stereocenters. The van der Waals surface area contributed by atoms with E-state index in [-0.39, 0.29) is 11.4 Å². The fourth-order valence-electron chi connectivity index (χ4n) is 1.15. The molecular weight excluding hydrogens is 152 g/mol. The van der Waals surface area contributed by atoms with Crippen molar-refractivity contribution < 1.29 is 9.53 Å². The van der Waals surface area contributed by atoms with Crippen molar-refractivity contribution in [3.8, 4) is 0 Å². The van der Waals surface area contributed by atoms with Crippen molar-refractivity contribution in [2.45, 2.75) is 34.6 Å². The first kappa shape index (κ1) is 11.5. The first-order chi connectivity index (χ1) is 5.31. The van der Waals surface area contributed by atoms with Crippen molar-refractivity contribution in [2.75, 3.05) is 6.61 Å². The zero-order chi connectivity index (χ0) is 9.78. The van der Waals surface area contributed by atoms with Gasteiger partial charge in [0.05, 0.1) is 6.61 Å². The van der Waals surface area contributed by atoms with E-state index in [4.69, 9.17) is 4.74 Å². The average Bonchev–Trinajstić information content (AvgIpc) is 1.79. The maximum atomic E-state index is 10.5. The van der Waals surface area contributed by atoms with Crippen LogP contribution in [-0.4, -0.2) is 12.6 Å². The molecule has 0 amide bonds. The van der Waals surface area contributed by atoms with E-state index in [2.05, 4.69) is 27.2 Å². The Labute approximate surface area is 75.3 Å². The number of carbonyl (C=O) groups is 1. The third-order valence-corrected chi connectivity index (χ3v) is 1.33. The number of rotatable bonds is 3. The highest BCUT2D eigenvalue weighted by Crippen LogP contribution is 2.22. The van der Waals surface area contributed by atoms with E-state index in [1.54, 1.807) is 0 Å². The van der Waals surface area contributed by atoms with Crippen molar-refractivity contribution in [3.05, 3.63) is 6.42 Å². The fraction of sp³-hybridized carbons (Fsp3) is 0.800. The van der Waals surface area contributed by atoms with Crippen molar-refractivity contribution in [1.29, 1.82) is 0 Å². The van der Waals surface area contributed by atoms with Gasteiger partial charge in [0.25, 0.3) is 0 Å². The lowest BCUT2D eigenvalue weighted by Gasteiger charge is -2.22. The summed E-state index contributed by atoms with van der Waals surface area (Å²) in [5.74, 6) is 0.123. The molecule has 0 saturated carbocycles. The lowest BCUT2D eigenvalue weighted by Crippen LogP contribution is -2.17. The lowest BCUT2D eigenvalue weighted by atomic mass is 9.86. The van der Waals surface area contributed by atoms with Crippen LogP contribution in [-0.2, 0) is 9.53 Å². The van der Waals surface area contributed by atoms with Crippen LogP contribution in [0.1, 0.15) is 34.6 Å². The van der Waals surface area contributed by atoms with Crippen LogP contribution < -0.4 is 0 Å². The third kappa shape index (κ3) is 7.58. The Hall–Kier alpha value is -0.530. The van der Waals surface area contributed by atoms with E-state index in [0.29, 0.717) is 12.5 Å². The second kappa shape index (κ2) is 4.48. The van der Waals surface area contributed by atoms with Gasteiger partial charge < -0.3 is 4.74 Å². The van der Waals surface area contributed by atoms with Crippen LogP contribution in [0.3, 0.4) is 0 Å². The Bertz CT molecular complexity index is 144. The van der Waals surface area contributed by atoms with E-state index in [1.807, 2.05) is 6.92 Å². The largest absolute Gasteiger partial charge is 0.466 e. The molecule has 2 heteroatoms. The molecule has 12 heavy (non-hydrogen) atoms. The molecule has 0 unspecified atom stereocenters. The standard InChI is InChI=1S/C10H19O2/c1-8(6-10(3,4)5)7-12-9(2)11/h6,8H,7H2,1-5H3/t8-/m0/s1. The molecule has 1 radical (unpaired) electrons. The minimum atomic E-state index is -0.204. The van der Waals surface area contributed by atoms with Crippen LogP contribution >= 0.6 is 0 Å². The van der Waals surface area contributed by atoms with Crippen LogP contribution in [0.15, 0.2) is 0 Å². The maximum absolute atomic E-state index is 10.5. The van der Waals surface area contributed by atoms with Gasteiger partial charge in [-0.2, -0.15) is 0 Å². The zero-order valence-electron chi connectivity index (χ0n) is 8.68. The first-order valence-electron chi connectivity index (χ1n) is 4.30. The minimum absolute atomic E-state index is 0.194. The van der Waals surface area contributed by atoms with Gasteiger partial charge in [0.15, 0.2) is 0 Å². The second-order valence-electron chi connectivity index (χ2n) is 4.31. The summed E-state index contributed by atoms with van der Waals surface area (Å²) >= 11 is 0. The molecule has 0 aliphatic rings. The topological polar surface area (TPSA) is 26.3 Å². The summed E-state index contributed by atoms with van der Waals surface area (Å²) < 4.78 is 4.88. The van der Waals surface area contributed by atoms with Crippen molar-refractivity contribution in [3.63, 3.8) is 0 Å². The summed E-state index contributed by atoms with van der Waals surface area (Å²) in [5, 5.41) is 0. The van der Waals surface area contributed by atoms with Gasteiger partial charge in [-0.15, -0.1) is 0 Å². The molecule has 0 aliphatic heterocycles. The SMILES string of the molecule is CC(=O)OC[C@@H](C)[CH]C(C)(C)C. The van der Waals surface area contributed by atoms with Crippen LogP contribution in [0, 0.1) is 17.8 Å². The normalized spacial score (nSPS) is 14.1. The first-order valence-corrected chi connectivity index (χ1v) is 4.30. The smallest absolute Gasteiger partial charge is 0.302 e. The Balaban J connectivity index is 3.60. The van der Waals surface area contributed by atoms with Crippen molar-refractivity contribution in [1.82, 2.24) is 0 Å². The molecule has 0 aliphatic carbocycles. The summed E-state index contributed by atoms with van der Waals surface area (Å²) in [6.45, 7) is 10.4. The van der Waals surface area contributed by atoms with E-state index >= 15 is 0 Å². The van der Waals surface area contributed by atoms with Crippen LogP contribution in [0.25, 0.3) is 0 Å². The molecule has 2 nitrogen and oxygen atoms in total. The monoisotopic (exact) mass is 171 g/mol. The Morgan fingerprint density at radius 3 is 2.33 bits per heavy atom. The molecule has 0 heterocycles. The second-order valence-corrected chi connectivity index (χ2v) is 4.31. The predicted molar refractivity (Wildman–Crippen MR) is 49.6 cm³/mol. The van der Waals surface area contributed by atoms with E-state index in [0.717, 1.165) is 0 Å². The van der Waals surface area contributed by atoms with Crippen LogP contribution in [0.2, 0.25) is 0 Å². The molecule has 0 aromatic carbocycles. The van der Waals surface area contributed by atoms with Gasteiger partial charge >= 0.3 is 5.97 Å². The highest BCUT2D eigenvalue weighted by molar-refractivity contribution is 5.65. The number of hydrogen-bond acceptors (Lipinski definition) is 2. The van der Waals surface area contributed by atoms with Gasteiger partial charge in [-0.05, 0) is 17.8 Å². The Morgan fingerprint density at radius 1 is 1.50 bits per heavy atom. The summed E-state index contributed by atoms with van der Waals surface area (Å²) in [6, 6.07) is 0. The van der Waals surface area contributed by atoms with E-state index in [9.17, 15) is 4.79 Å². The van der Waals surface area contributed by atoms with Gasteiger partial charge in [-0.1, -0.05) is 27.7 Å². The van der Waals surface area contributed by atoms with E-state index in [1.165, 1.54) is 6.92 Å². The summed E-state index contributed by atoms with van der Waals surface area (Å²) in [5.41, 5.74) is 0.194. The van der Waals surface area contributed by atoms with Gasteiger partial charge in [0, 0.05) is 6.92 Å². The summed E-state index contributed by atoms with van der Waals surface area (Å²) in [4.78, 5) is 10.5. The zero-order valence-corrected chi connectivity index (χ0v) is 8.68. The van der Waals surface area contributed by atoms with Gasteiger partial charge in [0.1, 0.15) is 0 Å². The Morgan fingerprint density at radius 2 is 2.00 bits per heavy atom. The van der Waals surface area contributed by atoms with Crippen LogP contribution in [0.5, 0.6) is 0 Å². The molecule has 0 bridgehead atoms. The minimum Gasteiger partial charge on any atom is -0.466 e. The molecule has 0 aromatic rings. The van der Waals surface area contributed by atoms with E-state index < -0.39 is 0 Å². The molecule has 71 valence electrons. The number of ether oxygens (including phenoxy) is 1. The van der Waals surface area contributed by atoms with Gasteiger partial charge in [-0.3, -0.25) is 4.79 Å². The summed E-state index contributed by atoms with van der Waals surface area (Å²) in [7, 11) is 0. The molecule has 0 spiro atoms. The molecular formula is C10H19O2. The highest BCUT2D eigenvalue weighted by Gasteiger charge is 2.16. The number of hydrogen-bond donors (Lipinski definition) is 0. The van der Waals surface area contributed by atoms with Crippen molar-refractivity contribution >= 4 is 5.97 Å². The van der Waals surface area contributed by atoms with Crippen molar-refractivity contribution in [2.24, 2.45) is 11.3 Å². The lowest BCUT2D eigenvalue weighted by molar-refractivity contribution is -0.141. The number of carbonyl (C=O) groups excluding carboxylic acids is 1. The molecule has 0 N–H and O–H groups in total. The highest BCUT2D eigenvalue weighted by atomic mass is 16.5. The summed E-state index contributed by atoms with van der Waals surface area (Å²) in [6.07, 6.45) is 2.19. The molecule has 0 fully saturated rings. The predicted octanol–water partition coefficient (Wildman–Crippen LogP) is 2.44. The fourth-order valence-corrected chi connectivity index (χ4v) is 1.15. The maximum Gasteiger partial charge on any atom is 0.302 e. The quantitative estimate of drug-likeness (QED) is 0.610. The third-order valence-electron chi connectivity index (χ3n) is 1.33. The Kier molecular flexibility index (Phi) is 4.29.